The summed E-state index contributed by atoms with van der Waals surface area (Å²) in [6.07, 6.45) is 2.59. The molecule has 2 aromatic rings. The van der Waals surface area contributed by atoms with Crippen LogP contribution in [0.1, 0.15) is 49.0 Å². The zero-order valence-corrected chi connectivity index (χ0v) is 14.0. The monoisotopic (exact) mass is 303 g/mol. The van der Waals surface area contributed by atoms with Crippen LogP contribution < -0.4 is 4.74 Å². The minimum atomic E-state index is -2.03. The van der Waals surface area contributed by atoms with Crippen molar-refractivity contribution in [2.45, 2.75) is 51.5 Å². The second-order valence-electron chi connectivity index (χ2n) is 7.30. The number of aromatic nitrogens is 1. The van der Waals surface area contributed by atoms with Crippen LogP contribution in [0.4, 0.5) is 0 Å². The molecule has 1 saturated heterocycles. The lowest BCUT2D eigenvalue weighted by atomic mass is 9.86. The summed E-state index contributed by atoms with van der Waals surface area (Å²) in [7, 11) is 1.69. The molecule has 1 aromatic carbocycles. The fourth-order valence-electron chi connectivity index (χ4n) is 3.58. The topological polar surface area (TPSA) is 28.3 Å². The molecule has 0 aliphatic carbocycles. The van der Waals surface area contributed by atoms with Gasteiger partial charge in [-0.15, -0.1) is 0 Å². The number of likely N-dealkylation sites (N-methyl/N-ethyl adjacent to an activating group) is 1. The lowest BCUT2D eigenvalue weighted by Gasteiger charge is -2.24. The maximum atomic E-state index is 7.83. The van der Waals surface area contributed by atoms with Gasteiger partial charge in [0.15, 0.2) is 0 Å². The molecule has 120 valence electrons. The van der Waals surface area contributed by atoms with Crippen molar-refractivity contribution in [3.05, 3.63) is 29.5 Å². The summed E-state index contributed by atoms with van der Waals surface area (Å²) in [5.74, 6) is 0.845. The van der Waals surface area contributed by atoms with E-state index in [9.17, 15) is 0 Å². The Morgan fingerprint density at radius 3 is 2.91 bits per heavy atom. The lowest BCUT2D eigenvalue weighted by molar-refractivity contribution is 0.308. The Balaban J connectivity index is 2.10. The Labute approximate surface area is 137 Å². The summed E-state index contributed by atoms with van der Waals surface area (Å²) in [4.78, 5) is 5.26. The number of hydrogen-bond acceptors (Lipinski definition) is 2. The first-order valence-corrected chi connectivity index (χ1v) is 8.07. The Hall–Kier alpha value is -1.48. The Morgan fingerprint density at radius 2 is 2.23 bits per heavy atom. The average Bonchev–Trinajstić information content (AvgIpc) is 3.11. The zero-order chi connectivity index (χ0) is 18.4. The highest BCUT2D eigenvalue weighted by molar-refractivity contribution is 5.91. The summed E-state index contributed by atoms with van der Waals surface area (Å²) >= 11 is 0. The van der Waals surface area contributed by atoms with Gasteiger partial charge in [0.1, 0.15) is 5.75 Å². The highest BCUT2D eigenvalue weighted by Crippen LogP contribution is 2.38. The number of ether oxygens (including phenoxy) is 1. The van der Waals surface area contributed by atoms with E-state index < -0.39 is 6.98 Å². The maximum Gasteiger partial charge on any atom is 0.128 e. The molecule has 0 radical (unpaired) electrons. The van der Waals surface area contributed by atoms with Gasteiger partial charge >= 0.3 is 0 Å². The quantitative estimate of drug-likeness (QED) is 0.924. The number of H-pyrrole nitrogens is 1. The van der Waals surface area contributed by atoms with Gasteiger partial charge in [-0.1, -0.05) is 26.8 Å². The number of nitrogens with zero attached hydrogens (tertiary/aromatic N) is 1. The smallest absolute Gasteiger partial charge is 0.128 e. The van der Waals surface area contributed by atoms with Gasteiger partial charge in [0.05, 0.1) is 7.11 Å². The third-order valence-corrected chi connectivity index (χ3v) is 4.68. The summed E-state index contributed by atoms with van der Waals surface area (Å²) < 4.78 is 29.1. The minimum Gasteiger partial charge on any atom is -0.496 e. The highest BCUT2D eigenvalue weighted by atomic mass is 16.5. The molecule has 3 nitrogen and oxygen atoms in total. The van der Waals surface area contributed by atoms with Crippen molar-refractivity contribution in [2.75, 3.05) is 20.6 Å². The van der Waals surface area contributed by atoms with E-state index in [1.54, 1.807) is 12.0 Å². The maximum absolute atomic E-state index is 7.83. The first kappa shape index (κ1) is 12.0. The molecule has 0 spiro atoms. The number of hydrogen-bond donors (Lipinski definition) is 1. The van der Waals surface area contributed by atoms with Gasteiger partial charge in [-0.3, -0.25) is 0 Å². The first-order chi connectivity index (χ1) is 11.6. The Morgan fingerprint density at radius 1 is 1.41 bits per heavy atom. The normalized spacial score (nSPS) is 22.5. The van der Waals surface area contributed by atoms with Crippen molar-refractivity contribution in [2.24, 2.45) is 0 Å². The van der Waals surface area contributed by atoms with Gasteiger partial charge in [0.2, 0.25) is 0 Å². The second-order valence-corrected chi connectivity index (χ2v) is 7.30. The first-order valence-electron chi connectivity index (χ1n) is 9.57. The molecular formula is C19H28N2O. The van der Waals surface area contributed by atoms with E-state index in [0.29, 0.717) is 6.54 Å². The van der Waals surface area contributed by atoms with Crippen LogP contribution in [0.5, 0.6) is 5.75 Å². The van der Waals surface area contributed by atoms with Crippen LogP contribution in [-0.4, -0.2) is 36.6 Å². The van der Waals surface area contributed by atoms with E-state index >= 15 is 0 Å². The molecule has 1 N–H and O–H groups in total. The molecular weight excluding hydrogens is 272 g/mol. The van der Waals surface area contributed by atoms with Gasteiger partial charge in [0.25, 0.3) is 0 Å². The SMILES string of the molecule is [2H]C([2H])([2H])N1CCC[C@@H]1Cc1c(C(C)(C)C)[nH]c2cccc(OC)c12. The molecule has 1 aliphatic rings. The van der Waals surface area contributed by atoms with E-state index in [4.69, 9.17) is 8.85 Å². The van der Waals surface area contributed by atoms with E-state index in [1.165, 1.54) is 11.3 Å². The molecule has 22 heavy (non-hydrogen) atoms. The number of fused-ring (bicyclic) bond motifs is 1. The van der Waals surface area contributed by atoms with Gasteiger partial charge in [-0.05, 0) is 50.5 Å². The zero-order valence-electron chi connectivity index (χ0n) is 17.0. The average molecular weight is 303 g/mol. The van der Waals surface area contributed by atoms with E-state index in [-0.39, 0.29) is 11.5 Å². The molecule has 1 aliphatic heterocycles. The molecule has 0 amide bonds. The molecule has 3 heteroatoms. The second kappa shape index (κ2) is 5.62. The Kier molecular flexibility index (Phi) is 3.07. The third kappa shape index (κ3) is 2.63. The number of nitrogens with one attached hydrogen (secondary N) is 1. The van der Waals surface area contributed by atoms with Crippen LogP contribution in [0.2, 0.25) is 0 Å². The van der Waals surface area contributed by atoms with Gasteiger partial charge in [-0.2, -0.15) is 0 Å². The van der Waals surface area contributed by atoms with Crippen molar-refractivity contribution in [3.63, 3.8) is 0 Å². The number of rotatable bonds is 3. The van der Waals surface area contributed by atoms with Crippen molar-refractivity contribution < 1.29 is 8.85 Å². The van der Waals surface area contributed by atoms with Gasteiger partial charge in [0, 0.05) is 32.2 Å². The van der Waals surface area contributed by atoms with Crippen molar-refractivity contribution in [1.29, 1.82) is 0 Å². The number of benzene rings is 1. The Bertz CT molecular complexity index is 758. The number of methoxy groups -OCH3 is 1. The predicted octanol–water partition coefficient (Wildman–Crippen LogP) is 4.11. The fourth-order valence-corrected chi connectivity index (χ4v) is 3.58. The van der Waals surface area contributed by atoms with E-state index in [1.807, 2.05) is 12.1 Å². The van der Waals surface area contributed by atoms with Crippen molar-refractivity contribution in [3.8, 4) is 5.75 Å². The summed E-state index contributed by atoms with van der Waals surface area (Å²) in [5.41, 5.74) is 3.37. The van der Waals surface area contributed by atoms with Crippen LogP contribution >= 0.6 is 0 Å². The summed E-state index contributed by atoms with van der Waals surface area (Å²) in [6.45, 7) is 5.17. The number of aromatic amines is 1. The van der Waals surface area contributed by atoms with Crippen LogP contribution in [0, 0.1) is 0 Å². The molecule has 3 rings (SSSR count). The molecule has 1 fully saturated rings. The lowest BCUT2D eigenvalue weighted by Crippen LogP contribution is -2.28. The molecule has 0 unspecified atom stereocenters. The van der Waals surface area contributed by atoms with E-state index in [0.717, 1.165) is 35.9 Å². The molecule has 1 atom stereocenters. The summed E-state index contributed by atoms with van der Waals surface area (Å²) in [6, 6.07) is 6.06. The third-order valence-electron chi connectivity index (χ3n) is 4.68. The molecule has 0 bridgehead atoms. The fraction of sp³-hybridized carbons (Fsp3) is 0.579. The molecule has 0 saturated carbocycles. The van der Waals surface area contributed by atoms with Crippen LogP contribution in [0.15, 0.2) is 18.2 Å². The molecule has 2 heterocycles. The predicted molar refractivity (Wildman–Crippen MR) is 92.9 cm³/mol. The van der Waals surface area contributed by atoms with Crippen LogP contribution in [0.25, 0.3) is 10.9 Å². The van der Waals surface area contributed by atoms with Crippen LogP contribution in [-0.2, 0) is 11.8 Å². The van der Waals surface area contributed by atoms with Gasteiger partial charge in [-0.25, -0.2) is 0 Å². The largest absolute Gasteiger partial charge is 0.496 e. The van der Waals surface area contributed by atoms with E-state index in [2.05, 4.69) is 31.8 Å². The summed E-state index contributed by atoms with van der Waals surface area (Å²) in [5, 5.41) is 1.09. The molecule has 1 aromatic heterocycles. The van der Waals surface area contributed by atoms with Crippen molar-refractivity contribution in [1.82, 2.24) is 9.88 Å². The number of likely N-dealkylation sites (tertiary alicyclic amines) is 1. The highest BCUT2D eigenvalue weighted by Gasteiger charge is 2.28. The van der Waals surface area contributed by atoms with Gasteiger partial charge < -0.3 is 14.6 Å². The standard InChI is InChI=1S/C19H28N2O/c1-19(2,3)18-14(12-13-8-7-11-21(13)4)17-15(20-18)9-6-10-16(17)22-5/h6,9-10,13,20H,7-8,11-12H2,1-5H3/t13-/m1/s1/i4D3. The van der Waals surface area contributed by atoms with Crippen LogP contribution in [0.3, 0.4) is 0 Å². The van der Waals surface area contributed by atoms with Crippen molar-refractivity contribution >= 4 is 10.9 Å². The minimum absolute atomic E-state index is 0.0394.